The summed E-state index contributed by atoms with van der Waals surface area (Å²) in [6.07, 6.45) is 4.52. The highest BCUT2D eigenvalue weighted by atomic mass is 127. The van der Waals surface area contributed by atoms with Gasteiger partial charge in [0.05, 0.1) is 0 Å². The molecule has 28 heavy (non-hydrogen) atoms. The Morgan fingerprint density at radius 1 is 1.21 bits per heavy atom. The van der Waals surface area contributed by atoms with Crippen LogP contribution in [0.1, 0.15) is 31.2 Å². The summed E-state index contributed by atoms with van der Waals surface area (Å²) < 4.78 is 13.6. The van der Waals surface area contributed by atoms with Crippen molar-refractivity contribution in [1.29, 1.82) is 0 Å². The Morgan fingerprint density at radius 3 is 2.54 bits per heavy atom. The van der Waals surface area contributed by atoms with Gasteiger partial charge in [-0.2, -0.15) is 0 Å². The van der Waals surface area contributed by atoms with Gasteiger partial charge in [0, 0.05) is 26.1 Å². The summed E-state index contributed by atoms with van der Waals surface area (Å²) in [6.45, 7) is 4.44. The second kappa shape index (κ2) is 13.7. The zero-order valence-electron chi connectivity index (χ0n) is 16.6. The van der Waals surface area contributed by atoms with E-state index in [0.717, 1.165) is 57.8 Å². The van der Waals surface area contributed by atoms with Crippen LogP contribution in [0.5, 0.6) is 0 Å². The number of likely N-dealkylation sites (tertiary alicyclic amines) is 1. The Balaban J connectivity index is 0.00000392. The van der Waals surface area contributed by atoms with Crippen molar-refractivity contribution in [3.8, 4) is 0 Å². The molecule has 0 saturated carbocycles. The lowest BCUT2D eigenvalue weighted by atomic mass is 9.96. The van der Waals surface area contributed by atoms with Crippen LogP contribution < -0.4 is 16.4 Å². The molecule has 0 radical (unpaired) electrons. The number of amides is 1. The fourth-order valence-electron chi connectivity index (χ4n) is 3.35. The first kappa shape index (κ1) is 24.6. The number of halogens is 2. The summed E-state index contributed by atoms with van der Waals surface area (Å²) in [6, 6.07) is 6.84. The fraction of sp³-hybridized carbons (Fsp3) is 0.600. The van der Waals surface area contributed by atoms with Crippen molar-refractivity contribution in [1.82, 2.24) is 15.5 Å². The number of nitrogens with zero attached hydrogens (tertiary/aromatic N) is 2. The van der Waals surface area contributed by atoms with Crippen molar-refractivity contribution >= 4 is 35.8 Å². The van der Waals surface area contributed by atoms with Crippen molar-refractivity contribution in [2.45, 2.75) is 32.1 Å². The minimum atomic E-state index is -0.165. The summed E-state index contributed by atoms with van der Waals surface area (Å²) in [4.78, 5) is 17.8. The Labute approximate surface area is 184 Å². The van der Waals surface area contributed by atoms with Crippen molar-refractivity contribution in [2.24, 2.45) is 16.6 Å². The molecular weight excluding hydrogens is 472 g/mol. The van der Waals surface area contributed by atoms with Crippen molar-refractivity contribution in [2.75, 3.05) is 39.8 Å². The summed E-state index contributed by atoms with van der Waals surface area (Å²) >= 11 is 0. The second-order valence-electron chi connectivity index (χ2n) is 6.99. The second-order valence-corrected chi connectivity index (χ2v) is 6.99. The zero-order chi connectivity index (χ0) is 19.5. The molecule has 0 aliphatic carbocycles. The quantitative estimate of drug-likeness (QED) is 0.208. The first-order chi connectivity index (χ1) is 13.1. The highest BCUT2D eigenvalue weighted by molar-refractivity contribution is 14.0. The highest BCUT2D eigenvalue weighted by Gasteiger charge is 2.22. The van der Waals surface area contributed by atoms with Gasteiger partial charge in [-0.1, -0.05) is 18.2 Å². The molecule has 1 amide bonds. The van der Waals surface area contributed by atoms with Gasteiger partial charge in [-0.25, -0.2) is 4.39 Å². The van der Waals surface area contributed by atoms with Gasteiger partial charge in [-0.05, 0) is 63.4 Å². The summed E-state index contributed by atoms with van der Waals surface area (Å²) in [5.74, 6) is 0.477. The highest BCUT2D eigenvalue weighted by Crippen LogP contribution is 2.16. The molecule has 0 unspecified atom stereocenters. The number of hydrogen-bond donors (Lipinski definition) is 3. The van der Waals surface area contributed by atoms with E-state index in [1.54, 1.807) is 19.2 Å². The topological polar surface area (TPSA) is 82.8 Å². The lowest BCUT2D eigenvalue weighted by molar-refractivity contribution is -0.123. The van der Waals surface area contributed by atoms with E-state index in [2.05, 4.69) is 20.5 Å². The van der Waals surface area contributed by atoms with Crippen LogP contribution in [-0.4, -0.2) is 56.5 Å². The number of nitrogens with two attached hydrogens (primary N) is 1. The SMILES string of the molecule is CN=C(NCCCCN1CCC(C(N)=O)CC1)NCCc1ccccc1F.I. The molecule has 1 aliphatic rings. The van der Waals surface area contributed by atoms with E-state index in [9.17, 15) is 9.18 Å². The van der Waals surface area contributed by atoms with Gasteiger partial charge in [0.2, 0.25) is 5.91 Å². The first-order valence-corrected chi connectivity index (χ1v) is 9.79. The van der Waals surface area contributed by atoms with Gasteiger partial charge in [0.15, 0.2) is 5.96 Å². The third-order valence-electron chi connectivity index (χ3n) is 5.05. The Morgan fingerprint density at radius 2 is 1.89 bits per heavy atom. The number of aliphatic imine (C=N–C) groups is 1. The van der Waals surface area contributed by atoms with Crippen LogP contribution in [0.3, 0.4) is 0 Å². The predicted octanol–water partition coefficient (Wildman–Crippen LogP) is 2.13. The van der Waals surface area contributed by atoms with Gasteiger partial charge in [-0.15, -0.1) is 24.0 Å². The number of piperidine rings is 1. The normalized spacial score (nSPS) is 15.7. The fourth-order valence-corrected chi connectivity index (χ4v) is 3.35. The van der Waals surface area contributed by atoms with Crippen molar-refractivity contribution in [3.63, 3.8) is 0 Å². The number of rotatable bonds is 9. The van der Waals surface area contributed by atoms with E-state index in [-0.39, 0.29) is 41.6 Å². The number of carbonyl (C=O) groups is 1. The molecule has 1 aromatic carbocycles. The van der Waals surface area contributed by atoms with E-state index in [4.69, 9.17) is 5.73 Å². The van der Waals surface area contributed by atoms with Crippen LogP contribution in [0.4, 0.5) is 4.39 Å². The van der Waals surface area contributed by atoms with Crippen LogP contribution in [0, 0.1) is 11.7 Å². The number of nitrogens with one attached hydrogen (secondary N) is 2. The molecular formula is C20H33FIN5O. The van der Waals surface area contributed by atoms with Crippen LogP contribution in [0.25, 0.3) is 0 Å². The predicted molar refractivity (Wildman–Crippen MR) is 122 cm³/mol. The minimum absolute atomic E-state index is 0. The summed E-state index contributed by atoms with van der Waals surface area (Å²) in [7, 11) is 1.74. The van der Waals surface area contributed by atoms with Crippen LogP contribution in [0.2, 0.25) is 0 Å². The molecule has 1 fully saturated rings. The van der Waals surface area contributed by atoms with E-state index >= 15 is 0 Å². The minimum Gasteiger partial charge on any atom is -0.369 e. The maximum atomic E-state index is 13.6. The molecule has 158 valence electrons. The molecule has 8 heteroatoms. The molecule has 1 aliphatic heterocycles. The molecule has 0 spiro atoms. The Bertz CT molecular complexity index is 620. The smallest absolute Gasteiger partial charge is 0.220 e. The average molecular weight is 505 g/mol. The number of unbranched alkanes of at least 4 members (excludes halogenated alkanes) is 1. The van der Waals surface area contributed by atoms with Gasteiger partial charge < -0.3 is 21.3 Å². The van der Waals surface area contributed by atoms with Crippen molar-refractivity contribution in [3.05, 3.63) is 35.6 Å². The third-order valence-corrected chi connectivity index (χ3v) is 5.05. The molecule has 0 bridgehead atoms. The summed E-state index contributed by atoms with van der Waals surface area (Å²) in [5.41, 5.74) is 6.08. The molecule has 1 aromatic rings. The van der Waals surface area contributed by atoms with E-state index < -0.39 is 0 Å². The number of guanidine groups is 1. The molecule has 1 heterocycles. The van der Waals surface area contributed by atoms with Crippen LogP contribution in [-0.2, 0) is 11.2 Å². The lowest BCUT2D eigenvalue weighted by Gasteiger charge is -2.30. The van der Waals surface area contributed by atoms with E-state index in [1.807, 2.05) is 6.07 Å². The third kappa shape index (κ3) is 8.72. The number of carbonyl (C=O) groups excluding carboxylic acids is 1. The number of primary amides is 1. The molecule has 2 rings (SSSR count). The van der Waals surface area contributed by atoms with Crippen LogP contribution >= 0.6 is 24.0 Å². The monoisotopic (exact) mass is 505 g/mol. The number of hydrogen-bond acceptors (Lipinski definition) is 3. The van der Waals surface area contributed by atoms with Crippen molar-refractivity contribution < 1.29 is 9.18 Å². The van der Waals surface area contributed by atoms with Gasteiger partial charge >= 0.3 is 0 Å². The Hall–Kier alpha value is -1.42. The first-order valence-electron chi connectivity index (χ1n) is 9.79. The maximum Gasteiger partial charge on any atom is 0.220 e. The zero-order valence-corrected chi connectivity index (χ0v) is 19.0. The van der Waals surface area contributed by atoms with E-state index in [0.29, 0.717) is 18.5 Å². The average Bonchev–Trinajstić information content (AvgIpc) is 2.68. The molecule has 0 aromatic heterocycles. The van der Waals surface area contributed by atoms with E-state index in [1.165, 1.54) is 6.07 Å². The standard InChI is InChI=1S/C20H32FN5O.HI/c1-23-20(25-12-8-16-6-2-3-7-18(16)21)24-11-4-5-13-26-14-9-17(10-15-26)19(22)27;/h2-3,6-7,17H,4-5,8-15H2,1H3,(H2,22,27)(H2,23,24,25);1H. The lowest BCUT2D eigenvalue weighted by Crippen LogP contribution is -2.40. The van der Waals surface area contributed by atoms with Gasteiger partial charge in [0.25, 0.3) is 0 Å². The molecule has 4 N–H and O–H groups in total. The van der Waals surface area contributed by atoms with Gasteiger partial charge in [0.1, 0.15) is 5.82 Å². The molecule has 1 saturated heterocycles. The van der Waals surface area contributed by atoms with Crippen LogP contribution in [0.15, 0.2) is 29.3 Å². The molecule has 0 atom stereocenters. The molecule has 6 nitrogen and oxygen atoms in total. The number of benzene rings is 1. The summed E-state index contributed by atoms with van der Waals surface area (Å²) in [5, 5.41) is 6.51. The Kier molecular flexibility index (Phi) is 12.1. The maximum absolute atomic E-state index is 13.6. The largest absolute Gasteiger partial charge is 0.369 e. The van der Waals surface area contributed by atoms with Gasteiger partial charge in [-0.3, -0.25) is 9.79 Å².